The fourth-order valence-electron chi connectivity index (χ4n) is 3.22. The number of hydrogen-bond acceptors (Lipinski definition) is 5. The lowest BCUT2D eigenvalue weighted by atomic mass is 9.96. The third-order valence-corrected chi connectivity index (χ3v) is 4.78. The second-order valence-electron chi connectivity index (χ2n) is 7.31. The van der Waals surface area contributed by atoms with Gasteiger partial charge in [-0.2, -0.15) is 18.3 Å². The molecule has 2 N–H and O–H groups in total. The van der Waals surface area contributed by atoms with Crippen LogP contribution >= 0.6 is 0 Å². The van der Waals surface area contributed by atoms with E-state index in [4.69, 9.17) is 14.4 Å². The van der Waals surface area contributed by atoms with Crippen molar-refractivity contribution in [3.05, 3.63) is 34.5 Å². The summed E-state index contributed by atoms with van der Waals surface area (Å²) in [6, 6.07) is 2.21. The van der Waals surface area contributed by atoms with Crippen molar-refractivity contribution in [3.63, 3.8) is 0 Å². The number of aromatic amines is 1. The number of H-pyrrole nitrogens is 1. The topological polar surface area (TPSA) is 95.3 Å². The van der Waals surface area contributed by atoms with Gasteiger partial charge in [-0.05, 0) is 45.2 Å². The molecule has 1 fully saturated rings. The third-order valence-electron chi connectivity index (χ3n) is 4.78. The van der Waals surface area contributed by atoms with E-state index in [2.05, 4.69) is 33.4 Å². The Morgan fingerprint density at radius 1 is 1.32 bits per heavy atom. The van der Waals surface area contributed by atoms with Crippen LogP contribution in [0.5, 0.6) is 0 Å². The quantitative estimate of drug-likeness (QED) is 0.799. The Hall–Kier alpha value is -2.36. The average molecular weight is 400 g/mol. The summed E-state index contributed by atoms with van der Waals surface area (Å²) >= 11 is 0. The minimum Gasteiger partial charge on any atom is -0.475 e. The van der Waals surface area contributed by atoms with Gasteiger partial charge in [0.25, 0.3) is 0 Å². The van der Waals surface area contributed by atoms with Crippen LogP contribution in [-0.4, -0.2) is 44.6 Å². The van der Waals surface area contributed by atoms with E-state index in [1.165, 1.54) is 42.6 Å². The van der Waals surface area contributed by atoms with Crippen molar-refractivity contribution in [1.82, 2.24) is 20.3 Å². The van der Waals surface area contributed by atoms with E-state index in [1.807, 2.05) is 0 Å². The van der Waals surface area contributed by atoms with Gasteiger partial charge >= 0.3 is 12.1 Å². The van der Waals surface area contributed by atoms with Crippen molar-refractivity contribution >= 4 is 5.97 Å². The summed E-state index contributed by atoms with van der Waals surface area (Å²) in [7, 11) is 2.13. The number of nitrogens with one attached hydrogen (secondary N) is 1. The van der Waals surface area contributed by atoms with Gasteiger partial charge < -0.3 is 9.63 Å². The number of aliphatic carboxylic acids is 1. The number of fused-ring (bicyclic) bond motifs is 1. The number of carbonyl (C=O) groups is 1. The van der Waals surface area contributed by atoms with Crippen LogP contribution in [0.15, 0.2) is 10.6 Å². The maximum Gasteiger partial charge on any atom is 0.490 e. The zero-order valence-electron chi connectivity index (χ0n) is 15.6. The predicted molar refractivity (Wildman–Crippen MR) is 92.6 cm³/mol. The molecule has 4 rings (SSSR count). The molecule has 0 radical (unpaired) electrons. The first-order valence-corrected chi connectivity index (χ1v) is 9.23. The second-order valence-corrected chi connectivity index (χ2v) is 7.31. The van der Waals surface area contributed by atoms with Crippen LogP contribution in [0.2, 0.25) is 0 Å². The molecule has 0 bridgehead atoms. The highest BCUT2D eigenvalue weighted by atomic mass is 19.4. The molecule has 0 spiro atoms. The number of alkyl halides is 3. The third kappa shape index (κ3) is 5.34. The minimum absolute atomic E-state index is 0.711. The highest BCUT2D eigenvalue weighted by Crippen LogP contribution is 2.39. The van der Waals surface area contributed by atoms with E-state index in [0.29, 0.717) is 5.92 Å². The van der Waals surface area contributed by atoms with Gasteiger partial charge in [-0.3, -0.25) is 10.00 Å². The van der Waals surface area contributed by atoms with Gasteiger partial charge in [0.2, 0.25) is 0 Å². The summed E-state index contributed by atoms with van der Waals surface area (Å²) in [6.07, 6.45) is 2.18. The number of aryl methyl sites for hydroxylation is 1. The Kier molecular flexibility index (Phi) is 6.07. The molecule has 154 valence electrons. The molecule has 1 saturated carbocycles. The van der Waals surface area contributed by atoms with Crippen molar-refractivity contribution in [2.45, 2.75) is 63.7 Å². The van der Waals surface area contributed by atoms with Crippen molar-refractivity contribution in [3.8, 4) is 0 Å². The molecule has 28 heavy (non-hydrogen) atoms. The molecular weight excluding hydrogens is 377 g/mol. The van der Waals surface area contributed by atoms with Gasteiger partial charge in [0.1, 0.15) is 11.5 Å². The highest BCUT2D eigenvalue weighted by Gasteiger charge is 2.38. The molecule has 0 aromatic carbocycles. The monoisotopic (exact) mass is 400 g/mol. The summed E-state index contributed by atoms with van der Waals surface area (Å²) in [5.74, 6) is -0.933. The van der Waals surface area contributed by atoms with E-state index in [1.54, 1.807) is 0 Å². The fraction of sp³-hybridized carbons (Fsp3) is 0.611. The van der Waals surface area contributed by atoms with Crippen LogP contribution in [0.4, 0.5) is 13.2 Å². The van der Waals surface area contributed by atoms with Crippen LogP contribution in [0.25, 0.3) is 0 Å². The number of hydrogen-bond donors (Lipinski definition) is 2. The fourth-order valence-corrected chi connectivity index (χ4v) is 3.22. The predicted octanol–water partition coefficient (Wildman–Crippen LogP) is 3.42. The number of aromatic nitrogens is 3. The normalized spacial score (nSPS) is 16.5. The molecule has 10 heteroatoms. The summed E-state index contributed by atoms with van der Waals surface area (Å²) in [6.45, 7) is 1.72. The molecule has 2 aromatic rings. The molecule has 2 aliphatic carbocycles. The minimum atomic E-state index is -5.08. The zero-order valence-corrected chi connectivity index (χ0v) is 15.6. The Bertz CT molecular complexity index is 811. The average Bonchev–Trinajstić information content (AvgIpc) is 3.25. The van der Waals surface area contributed by atoms with E-state index in [-0.39, 0.29) is 0 Å². The number of halogens is 3. The molecule has 2 aromatic heterocycles. The van der Waals surface area contributed by atoms with Gasteiger partial charge in [0, 0.05) is 36.7 Å². The van der Waals surface area contributed by atoms with Gasteiger partial charge in [0.05, 0.1) is 5.69 Å². The summed E-state index contributed by atoms with van der Waals surface area (Å²) in [5.41, 5.74) is 4.90. The van der Waals surface area contributed by atoms with Crippen molar-refractivity contribution < 1.29 is 27.6 Å². The lowest BCUT2D eigenvalue weighted by Gasteiger charge is -2.15. The Labute approximate surface area is 159 Å². The summed E-state index contributed by atoms with van der Waals surface area (Å²) in [4.78, 5) is 11.2. The van der Waals surface area contributed by atoms with Crippen LogP contribution in [0.3, 0.4) is 0 Å². The molecule has 0 saturated heterocycles. The van der Waals surface area contributed by atoms with E-state index < -0.39 is 12.1 Å². The number of nitrogens with zero attached hydrogens (tertiary/aromatic N) is 3. The maximum absolute atomic E-state index is 10.6. The SMILES string of the molecule is CN(Cc1cc(C2CC2)n[nH]1)Cc1noc2c1CCCC2.O=C(O)C(F)(F)F. The molecular formula is C18H23F3N4O3. The van der Waals surface area contributed by atoms with Gasteiger partial charge in [0.15, 0.2) is 0 Å². The number of carboxylic acid groups (broad SMARTS) is 1. The maximum atomic E-state index is 10.6. The zero-order chi connectivity index (χ0) is 20.3. The smallest absolute Gasteiger partial charge is 0.475 e. The molecule has 2 aliphatic rings. The van der Waals surface area contributed by atoms with E-state index in [9.17, 15) is 13.2 Å². The molecule has 0 atom stereocenters. The van der Waals surface area contributed by atoms with Crippen molar-refractivity contribution in [2.75, 3.05) is 7.05 Å². The van der Waals surface area contributed by atoms with Gasteiger partial charge in [-0.15, -0.1) is 0 Å². The molecule has 0 aliphatic heterocycles. The molecule has 7 nitrogen and oxygen atoms in total. The van der Waals surface area contributed by atoms with Gasteiger partial charge in [-0.25, -0.2) is 4.79 Å². The Balaban J connectivity index is 0.000000279. The molecule has 0 amide bonds. The number of carboxylic acids is 1. The summed E-state index contributed by atoms with van der Waals surface area (Å²) < 4.78 is 37.2. The molecule has 2 heterocycles. The van der Waals surface area contributed by atoms with Gasteiger partial charge in [-0.1, -0.05) is 5.16 Å². The number of rotatable bonds is 5. The first kappa shape index (κ1) is 20.4. The first-order valence-electron chi connectivity index (χ1n) is 9.23. The first-order chi connectivity index (χ1) is 13.2. The van der Waals surface area contributed by atoms with Crippen LogP contribution < -0.4 is 0 Å². The summed E-state index contributed by atoms with van der Waals surface area (Å²) in [5, 5.41) is 19.0. The Morgan fingerprint density at radius 2 is 2.00 bits per heavy atom. The van der Waals surface area contributed by atoms with Crippen molar-refractivity contribution in [1.29, 1.82) is 0 Å². The molecule has 0 unspecified atom stereocenters. The Morgan fingerprint density at radius 3 is 2.64 bits per heavy atom. The van der Waals surface area contributed by atoms with Crippen LogP contribution in [-0.2, 0) is 30.7 Å². The van der Waals surface area contributed by atoms with E-state index >= 15 is 0 Å². The standard InChI is InChI=1S/C16H22N4O.C2HF3O2/c1-20(9-12-8-14(18-17-12)11-6-7-11)10-15-13-4-2-3-5-16(13)21-19-15;3-2(4,5)1(6)7/h8,11H,2-7,9-10H2,1H3,(H,17,18);(H,6,7). The van der Waals surface area contributed by atoms with Crippen LogP contribution in [0.1, 0.15) is 60.0 Å². The highest BCUT2D eigenvalue weighted by molar-refractivity contribution is 5.73. The van der Waals surface area contributed by atoms with Crippen LogP contribution in [0, 0.1) is 0 Å². The second kappa shape index (κ2) is 8.34. The largest absolute Gasteiger partial charge is 0.490 e. The lowest BCUT2D eigenvalue weighted by molar-refractivity contribution is -0.192. The van der Waals surface area contributed by atoms with E-state index in [0.717, 1.165) is 37.4 Å². The lowest BCUT2D eigenvalue weighted by Crippen LogP contribution is -2.21. The van der Waals surface area contributed by atoms with Crippen molar-refractivity contribution in [2.24, 2.45) is 0 Å².